The largest absolute Gasteiger partial charge is 0.457 e. The summed E-state index contributed by atoms with van der Waals surface area (Å²) in [6, 6.07) is 12.5. The lowest BCUT2D eigenvalue weighted by Gasteiger charge is -2.30. The molecule has 1 N–H and O–H groups in total. The van der Waals surface area contributed by atoms with Gasteiger partial charge >= 0.3 is 0 Å². The molecule has 21 heavy (non-hydrogen) atoms. The Morgan fingerprint density at radius 2 is 1.86 bits per heavy atom. The number of fused-ring (bicyclic) bond motifs is 1. The van der Waals surface area contributed by atoms with Crippen LogP contribution in [0.5, 0.6) is 11.5 Å². The number of hydrogen-bond donors (Lipinski definition) is 1. The van der Waals surface area contributed by atoms with Crippen molar-refractivity contribution in [3.05, 3.63) is 47.5 Å². The normalized spacial score (nSPS) is 14.0. The molecule has 0 spiro atoms. The van der Waals surface area contributed by atoms with E-state index in [1.165, 1.54) is 21.7 Å². The molecule has 0 saturated heterocycles. The zero-order valence-electron chi connectivity index (χ0n) is 12.6. The van der Waals surface area contributed by atoms with Crippen LogP contribution in [0.3, 0.4) is 0 Å². The molecule has 0 amide bonds. The second-order valence-corrected chi connectivity index (χ2v) is 6.17. The summed E-state index contributed by atoms with van der Waals surface area (Å²) in [5.41, 5.74) is 3.80. The van der Waals surface area contributed by atoms with Crippen LogP contribution in [0.25, 0.3) is 0 Å². The second-order valence-electron chi connectivity index (χ2n) is 5.24. The van der Waals surface area contributed by atoms with Gasteiger partial charge in [-0.05, 0) is 74.2 Å². The average molecular weight is 300 g/mol. The Kier molecular flexibility index (Phi) is 4.08. The number of hydrogen-bond acceptors (Lipinski definition) is 4. The van der Waals surface area contributed by atoms with E-state index in [0.717, 1.165) is 24.7 Å². The molecule has 0 bridgehead atoms. The van der Waals surface area contributed by atoms with Gasteiger partial charge in [0.25, 0.3) is 0 Å². The van der Waals surface area contributed by atoms with Crippen LogP contribution in [0.2, 0.25) is 0 Å². The monoisotopic (exact) mass is 300 g/mol. The van der Waals surface area contributed by atoms with Crippen LogP contribution in [-0.4, -0.2) is 13.2 Å². The van der Waals surface area contributed by atoms with E-state index in [0.29, 0.717) is 0 Å². The number of anilines is 1. The second kappa shape index (κ2) is 6.00. The predicted molar refractivity (Wildman–Crippen MR) is 89.3 cm³/mol. The van der Waals surface area contributed by atoms with Gasteiger partial charge in [0.15, 0.2) is 0 Å². The highest BCUT2D eigenvalue weighted by Crippen LogP contribution is 2.36. The molecule has 3 nitrogen and oxygen atoms in total. The molecule has 1 aliphatic heterocycles. The number of aryl methyl sites for hydroxylation is 2. The van der Waals surface area contributed by atoms with Crippen LogP contribution in [0.15, 0.2) is 41.3 Å². The minimum Gasteiger partial charge on any atom is -0.457 e. The lowest BCUT2D eigenvalue weighted by atomic mass is 10.1. The first-order valence-electron chi connectivity index (χ1n) is 7.21. The maximum Gasteiger partial charge on any atom is 0.128 e. The van der Waals surface area contributed by atoms with Gasteiger partial charge in [-0.15, -0.1) is 0 Å². The number of benzene rings is 2. The van der Waals surface area contributed by atoms with Gasteiger partial charge in [-0.1, -0.05) is 6.07 Å². The molecule has 0 aliphatic carbocycles. The minimum absolute atomic E-state index is 0.879. The summed E-state index contributed by atoms with van der Waals surface area (Å²) < 4.78 is 9.33. The number of nitrogens with zero attached hydrogens (tertiary/aromatic N) is 1. The van der Waals surface area contributed by atoms with Crippen molar-refractivity contribution in [3.8, 4) is 11.5 Å². The first-order chi connectivity index (χ1) is 10.2. The highest BCUT2D eigenvalue weighted by atomic mass is 32.2. The number of nitrogens with one attached hydrogen (secondary N) is 1. The molecule has 0 atom stereocenters. The Morgan fingerprint density at radius 3 is 2.62 bits per heavy atom. The van der Waals surface area contributed by atoms with Gasteiger partial charge in [-0.2, -0.15) is 0 Å². The molecule has 0 fully saturated rings. The van der Waals surface area contributed by atoms with Gasteiger partial charge in [-0.25, -0.2) is 4.72 Å². The van der Waals surface area contributed by atoms with Crippen LogP contribution in [-0.2, 0) is 0 Å². The van der Waals surface area contributed by atoms with E-state index in [4.69, 9.17) is 4.74 Å². The summed E-state index contributed by atoms with van der Waals surface area (Å²) in [5, 5.41) is 0. The van der Waals surface area contributed by atoms with Gasteiger partial charge in [-0.3, -0.25) is 0 Å². The molecule has 0 unspecified atom stereocenters. The molecule has 0 radical (unpaired) electrons. The molecule has 0 saturated carbocycles. The first kappa shape index (κ1) is 14.3. The highest BCUT2D eigenvalue weighted by Gasteiger charge is 2.16. The SMILES string of the molecule is CCN1CNSc2cc(Oc3ccc(C)c(C)c3)ccc21. The summed E-state index contributed by atoms with van der Waals surface area (Å²) in [5.74, 6) is 1.77. The average Bonchev–Trinajstić information content (AvgIpc) is 2.50. The van der Waals surface area contributed by atoms with Crippen molar-refractivity contribution >= 4 is 17.6 Å². The van der Waals surface area contributed by atoms with Crippen molar-refractivity contribution < 1.29 is 4.74 Å². The van der Waals surface area contributed by atoms with Crippen LogP contribution in [0.1, 0.15) is 18.1 Å². The lowest BCUT2D eigenvalue weighted by molar-refractivity contribution is 0.480. The van der Waals surface area contributed by atoms with Crippen LogP contribution < -0.4 is 14.4 Å². The summed E-state index contributed by atoms with van der Waals surface area (Å²) in [6.07, 6.45) is 0. The van der Waals surface area contributed by atoms with Crippen molar-refractivity contribution in [1.29, 1.82) is 0 Å². The van der Waals surface area contributed by atoms with Crippen molar-refractivity contribution in [2.75, 3.05) is 18.1 Å². The third-order valence-corrected chi connectivity index (χ3v) is 4.63. The Labute approximate surface area is 130 Å². The molecule has 1 aliphatic rings. The van der Waals surface area contributed by atoms with Crippen molar-refractivity contribution in [2.24, 2.45) is 0 Å². The Bertz CT molecular complexity index is 657. The molecule has 3 rings (SSSR count). The topological polar surface area (TPSA) is 24.5 Å². The molecule has 110 valence electrons. The summed E-state index contributed by atoms with van der Waals surface area (Å²) in [6.45, 7) is 8.26. The van der Waals surface area contributed by atoms with Crippen molar-refractivity contribution in [1.82, 2.24) is 4.72 Å². The maximum absolute atomic E-state index is 5.99. The molecule has 4 heteroatoms. The van der Waals surface area contributed by atoms with E-state index in [1.807, 2.05) is 12.1 Å². The van der Waals surface area contributed by atoms with Crippen LogP contribution in [0.4, 0.5) is 5.69 Å². The van der Waals surface area contributed by atoms with E-state index in [1.54, 1.807) is 11.9 Å². The quantitative estimate of drug-likeness (QED) is 0.844. The fourth-order valence-electron chi connectivity index (χ4n) is 2.37. The molecule has 0 aromatic heterocycles. The summed E-state index contributed by atoms with van der Waals surface area (Å²) in [4.78, 5) is 3.52. The van der Waals surface area contributed by atoms with E-state index in [-0.39, 0.29) is 0 Å². The molecular formula is C17H20N2OS. The predicted octanol–water partition coefficient (Wildman–Crippen LogP) is 4.49. The van der Waals surface area contributed by atoms with Crippen LogP contribution >= 0.6 is 11.9 Å². The smallest absolute Gasteiger partial charge is 0.128 e. The standard InChI is InChI=1S/C17H20N2OS/c1-4-19-11-18-21-17-10-15(7-8-16(17)19)20-14-6-5-12(2)13(3)9-14/h5-10,18H,4,11H2,1-3H3. The van der Waals surface area contributed by atoms with E-state index < -0.39 is 0 Å². The number of ether oxygens (including phenoxy) is 1. The Balaban J connectivity index is 1.85. The van der Waals surface area contributed by atoms with E-state index in [9.17, 15) is 0 Å². The van der Waals surface area contributed by atoms with Gasteiger partial charge in [0.05, 0.1) is 12.4 Å². The van der Waals surface area contributed by atoms with Gasteiger partial charge in [0.1, 0.15) is 11.5 Å². The summed E-state index contributed by atoms with van der Waals surface area (Å²) in [7, 11) is 0. The van der Waals surface area contributed by atoms with Crippen molar-refractivity contribution in [3.63, 3.8) is 0 Å². The molecule has 2 aromatic carbocycles. The molecular weight excluding hydrogens is 280 g/mol. The third-order valence-electron chi connectivity index (χ3n) is 3.81. The highest BCUT2D eigenvalue weighted by molar-refractivity contribution is 7.97. The number of rotatable bonds is 3. The zero-order chi connectivity index (χ0) is 14.8. The van der Waals surface area contributed by atoms with Gasteiger partial charge in [0, 0.05) is 11.4 Å². The van der Waals surface area contributed by atoms with Gasteiger partial charge in [0.2, 0.25) is 0 Å². The Hall–Kier alpha value is -1.65. The maximum atomic E-state index is 5.99. The molecule has 2 aromatic rings. The van der Waals surface area contributed by atoms with Crippen molar-refractivity contribution in [2.45, 2.75) is 25.7 Å². The van der Waals surface area contributed by atoms with E-state index >= 15 is 0 Å². The zero-order valence-corrected chi connectivity index (χ0v) is 13.5. The Morgan fingerprint density at radius 1 is 1.10 bits per heavy atom. The van der Waals surface area contributed by atoms with Gasteiger partial charge < -0.3 is 9.64 Å². The summed E-state index contributed by atoms with van der Waals surface area (Å²) >= 11 is 1.67. The minimum atomic E-state index is 0.879. The fraction of sp³-hybridized carbons (Fsp3) is 0.294. The molecule has 1 heterocycles. The van der Waals surface area contributed by atoms with E-state index in [2.05, 4.69) is 54.7 Å². The first-order valence-corrected chi connectivity index (χ1v) is 8.03. The fourth-order valence-corrected chi connectivity index (χ4v) is 3.22. The third kappa shape index (κ3) is 3.01. The lowest BCUT2D eigenvalue weighted by Crippen LogP contribution is -2.34. The van der Waals surface area contributed by atoms with Crippen LogP contribution in [0, 0.1) is 13.8 Å².